The van der Waals surface area contributed by atoms with Crippen LogP contribution in [0.4, 0.5) is 5.69 Å². The van der Waals surface area contributed by atoms with Gasteiger partial charge in [0, 0.05) is 10.2 Å². The SMILES string of the molecule is O=C(O)c1ccc(NCc2ccco2)c(Br)c1. The van der Waals surface area contributed by atoms with Gasteiger partial charge in [-0.25, -0.2) is 4.79 Å². The Morgan fingerprint density at radius 3 is 2.82 bits per heavy atom. The summed E-state index contributed by atoms with van der Waals surface area (Å²) in [5, 5.41) is 12.0. The van der Waals surface area contributed by atoms with E-state index in [4.69, 9.17) is 9.52 Å². The largest absolute Gasteiger partial charge is 0.478 e. The molecule has 2 rings (SSSR count). The summed E-state index contributed by atoms with van der Waals surface area (Å²) in [6, 6.07) is 8.52. The van der Waals surface area contributed by atoms with Crippen LogP contribution >= 0.6 is 15.9 Å². The quantitative estimate of drug-likeness (QED) is 0.908. The highest BCUT2D eigenvalue weighted by atomic mass is 79.9. The van der Waals surface area contributed by atoms with Gasteiger partial charge in [0.25, 0.3) is 0 Å². The molecule has 17 heavy (non-hydrogen) atoms. The molecule has 88 valence electrons. The molecular weight excluding hydrogens is 286 g/mol. The summed E-state index contributed by atoms with van der Waals surface area (Å²) in [5.74, 6) is -0.123. The van der Waals surface area contributed by atoms with Gasteiger partial charge in [-0.05, 0) is 46.3 Å². The lowest BCUT2D eigenvalue weighted by atomic mass is 10.2. The van der Waals surface area contributed by atoms with Crippen LogP contribution in [0.3, 0.4) is 0 Å². The van der Waals surface area contributed by atoms with Gasteiger partial charge in [-0.15, -0.1) is 0 Å². The Balaban J connectivity index is 2.09. The number of carboxylic acid groups (broad SMARTS) is 1. The van der Waals surface area contributed by atoms with Crippen molar-refractivity contribution in [1.82, 2.24) is 0 Å². The third-order valence-corrected chi connectivity index (χ3v) is 2.91. The van der Waals surface area contributed by atoms with Crippen LogP contribution < -0.4 is 5.32 Å². The van der Waals surface area contributed by atoms with E-state index in [1.54, 1.807) is 24.5 Å². The summed E-state index contributed by atoms with van der Waals surface area (Å²) in [7, 11) is 0. The Hall–Kier alpha value is -1.75. The van der Waals surface area contributed by atoms with Gasteiger partial charge in [-0.2, -0.15) is 0 Å². The Labute approximate surface area is 106 Å². The van der Waals surface area contributed by atoms with Crippen molar-refractivity contribution >= 4 is 27.6 Å². The van der Waals surface area contributed by atoms with Crippen molar-refractivity contribution in [3.63, 3.8) is 0 Å². The van der Waals surface area contributed by atoms with Crippen LogP contribution in [0.1, 0.15) is 16.1 Å². The zero-order chi connectivity index (χ0) is 12.3. The molecule has 0 amide bonds. The van der Waals surface area contributed by atoms with Crippen LogP contribution in [0.15, 0.2) is 45.5 Å². The van der Waals surface area contributed by atoms with Gasteiger partial charge in [0.2, 0.25) is 0 Å². The lowest BCUT2D eigenvalue weighted by Gasteiger charge is -2.07. The lowest BCUT2D eigenvalue weighted by molar-refractivity contribution is 0.0697. The van der Waals surface area contributed by atoms with Crippen LogP contribution in [-0.4, -0.2) is 11.1 Å². The van der Waals surface area contributed by atoms with E-state index in [-0.39, 0.29) is 5.56 Å². The van der Waals surface area contributed by atoms with Gasteiger partial charge >= 0.3 is 5.97 Å². The summed E-state index contributed by atoms with van der Waals surface area (Å²) in [4.78, 5) is 10.8. The van der Waals surface area contributed by atoms with Crippen LogP contribution in [0.5, 0.6) is 0 Å². The van der Waals surface area contributed by atoms with Gasteiger partial charge in [0.15, 0.2) is 0 Å². The Morgan fingerprint density at radius 2 is 2.24 bits per heavy atom. The summed E-state index contributed by atoms with van der Waals surface area (Å²) in [5.41, 5.74) is 1.08. The molecule has 1 aromatic heterocycles. The molecule has 0 saturated heterocycles. The first-order chi connectivity index (χ1) is 8.16. The van der Waals surface area contributed by atoms with Gasteiger partial charge in [-0.3, -0.25) is 0 Å². The van der Waals surface area contributed by atoms with Crippen LogP contribution in [0.2, 0.25) is 0 Å². The minimum Gasteiger partial charge on any atom is -0.478 e. The average Bonchev–Trinajstić information content (AvgIpc) is 2.80. The fraction of sp³-hybridized carbons (Fsp3) is 0.0833. The highest BCUT2D eigenvalue weighted by Crippen LogP contribution is 2.24. The molecule has 0 fully saturated rings. The fourth-order valence-corrected chi connectivity index (χ4v) is 1.91. The number of hydrogen-bond acceptors (Lipinski definition) is 3. The third kappa shape index (κ3) is 2.88. The number of carboxylic acids is 1. The second-order valence-corrected chi connectivity index (χ2v) is 4.29. The molecule has 0 unspecified atom stereocenters. The van der Waals surface area contributed by atoms with E-state index in [1.807, 2.05) is 12.1 Å². The predicted octanol–water partition coefficient (Wildman–Crippen LogP) is 3.35. The average molecular weight is 296 g/mol. The summed E-state index contributed by atoms with van der Waals surface area (Å²) in [6.45, 7) is 0.554. The van der Waals surface area contributed by atoms with Crippen molar-refractivity contribution in [2.75, 3.05) is 5.32 Å². The number of benzene rings is 1. The number of anilines is 1. The molecular formula is C12H10BrNO3. The maximum absolute atomic E-state index is 10.8. The van der Waals surface area contributed by atoms with Gasteiger partial charge < -0.3 is 14.8 Å². The standard InChI is InChI=1S/C12H10BrNO3/c13-10-6-8(12(15)16)3-4-11(10)14-7-9-2-1-5-17-9/h1-6,14H,7H2,(H,15,16). The van der Waals surface area contributed by atoms with Crippen molar-refractivity contribution in [1.29, 1.82) is 0 Å². The number of carbonyl (C=O) groups is 1. The Kier molecular flexibility index (Phi) is 3.49. The molecule has 2 aromatic rings. The molecule has 0 bridgehead atoms. The fourth-order valence-electron chi connectivity index (χ4n) is 1.39. The van der Waals surface area contributed by atoms with Crippen molar-refractivity contribution in [3.8, 4) is 0 Å². The molecule has 0 aliphatic rings. The normalized spacial score (nSPS) is 10.2. The number of halogens is 1. The molecule has 0 atom stereocenters. The molecule has 2 N–H and O–H groups in total. The molecule has 1 heterocycles. The number of rotatable bonds is 4. The van der Waals surface area contributed by atoms with Crippen LogP contribution in [-0.2, 0) is 6.54 Å². The maximum Gasteiger partial charge on any atom is 0.335 e. The molecule has 0 aliphatic heterocycles. The minimum atomic E-state index is -0.941. The van der Waals surface area contributed by atoms with E-state index in [0.717, 1.165) is 11.4 Å². The molecule has 5 heteroatoms. The van der Waals surface area contributed by atoms with E-state index < -0.39 is 5.97 Å². The number of hydrogen-bond donors (Lipinski definition) is 2. The number of furan rings is 1. The highest BCUT2D eigenvalue weighted by molar-refractivity contribution is 9.10. The molecule has 4 nitrogen and oxygen atoms in total. The third-order valence-electron chi connectivity index (χ3n) is 2.25. The number of aromatic carboxylic acids is 1. The molecule has 1 aromatic carbocycles. The Bertz CT molecular complexity index is 523. The second kappa shape index (κ2) is 5.05. The molecule has 0 saturated carbocycles. The van der Waals surface area contributed by atoms with Crippen LogP contribution in [0.25, 0.3) is 0 Å². The van der Waals surface area contributed by atoms with Crippen molar-refractivity contribution in [2.24, 2.45) is 0 Å². The zero-order valence-electron chi connectivity index (χ0n) is 8.81. The molecule has 0 aliphatic carbocycles. The first-order valence-electron chi connectivity index (χ1n) is 4.96. The molecule has 0 spiro atoms. The first kappa shape index (κ1) is 11.7. The smallest absolute Gasteiger partial charge is 0.335 e. The van der Waals surface area contributed by atoms with Crippen LogP contribution in [0, 0.1) is 0 Å². The summed E-state index contributed by atoms with van der Waals surface area (Å²) >= 11 is 3.32. The van der Waals surface area contributed by atoms with Crippen molar-refractivity contribution < 1.29 is 14.3 Å². The monoisotopic (exact) mass is 295 g/mol. The van der Waals surface area contributed by atoms with Gasteiger partial charge in [0.05, 0.1) is 18.4 Å². The van der Waals surface area contributed by atoms with Gasteiger partial charge in [-0.1, -0.05) is 0 Å². The zero-order valence-corrected chi connectivity index (χ0v) is 10.4. The summed E-state index contributed by atoms with van der Waals surface area (Å²) < 4.78 is 5.90. The molecule has 0 radical (unpaired) electrons. The Morgan fingerprint density at radius 1 is 1.41 bits per heavy atom. The van der Waals surface area contributed by atoms with E-state index in [0.29, 0.717) is 11.0 Å². The predicted molar refractivity (Wildman–Crippen MR) is 67.1 cm³/mol. The van der Waals surface area contributed by atoms with E-state index in [1.165, 1.54) is 0 Å². The van der Waals surface area contributed by atoms with Gasteiger partial charge in [0.1, 0.15) is 5.76 Å². The van der Waals surface area contributed by atoms with Crippen molar-refractivity contribution in [3.05, 3.63) is 52.4 Å². The number of nitrogens with one attached hydrogen (secondary N) is 1. The topological polar surface area (TPSA) is 62.5 Å². The second-order valence-electron chi connectivity index (χ2n) is 3.43. The van der Waals surface area contributed by atoms with E-state index in [2.05, 4.69) is 21.2 Å². The van der Waals surface area contributed by atoms with Crippen molar-refractivity contribution in [2.45, 2.75) is 6.54 Å². The first-order valence-corrected chi connectivity index (χ1v) is 5.75. The maximum atomic E-state index is 10.8. The van der Waals surface area contributed by atoms with E-state index in [9.17, 15) is 4.79 Å². The summed E-state index contributed by atoms with van der Waals surface area (Å²) in [6.07, 6.45) is 1.61. The lowest BCUT2D eigenvalue weighted by Crippen LogP contribution is -2.01. The minimum absolute atomic E-state index is 0.250. The highest BCUT2D eigenvalue weighted by Gasteiger charge is 2.06. The van der Waals surface area contributed by atoms with E-state index >= 15 is 0 Å².